The average molecular weight is 505 g/mol. The Morgan fingerprint density at radius 1 is 1.30 bits per heavy atom. The van der Waals surface area contributed by atoms with Gasteiger partial charge >= 0.3 is 0 Å². The van der Waals surface area contributed by atoms with Crippen LogP contribution in [-0.2, 0) is 9.84 Å². The van der Waals surface area contributed by atoms with Crippen LogP contribution in [0.25, 0.3) is 0 Å². The summed E-state index contributed by atoms with van der Waals surface area (Å²) in [6.45, 7) is 4.95. The zero-order chi connectivity index (χ0) is 18.8. The number of aliphatic imine (C=N–C) groups is 1. The molecule has 2 fully saturated rings. The van der Waals surface area contributed by atoms with Gasteiger partial charge in [-0.3, -0.25) is 4.99 Å². The van der Waals surface area contributed by atoms with E-state index in [2.05, 4.69) is 52.5 Å². The maximum absolute atomic E-state index is 11.6. The van der Waals surface area contributed by atoms with Gasteiger partial charge in [-0.2, -0.15) is 0 Å². The van der Waals surface area contributed by atoms with Gasteiger partial charge < -0.3 is 10.2 Å². The fraction of sp³-hybridized carbons (Fsp3) is 0.650. The van der Waals surface area contributed by atoms with Gasteiger partial charge in [0.2, 0.25) is 0 Å². The molecular weight excluding hydrogens is 473 g/mol. The lowest BCUT2D eigenvalue weighted by molar-refractivity contribution is 0.233. The van der Waals surface area contributed by atoms with Crippen LogP contribution in [0.3, 0.4) is 0 Å². The topological polar surface area (TPSA) is 61.8 Å². The molecule has 5 nitrogen and oxygen atoms in total. The summed E-state index contributed by atoms with van der Waals surface area (Å²) >= 11 is 0. The molecule has 0 bridgehead atoms. The highest BCUT2D eigenvalue weighted by molar-refractivity contribution is 14.0. The third-order valence-electron chi connectivity index (χ3n) is 5.79. The minimum absolute atomic E-state index is 0. The van der Waals surface area contributed by atoms with Gasteiger partial charge in [-0.05, 0) is 36.7 Å². The lowest BCUT2D eigenvalue weighted by atomic mass is 9.82. The second-order valence-corrected chi connectivity index (χ2v) is 10.3. The van der Waals surface area contributed by atoms with E-state index in [0.29, 0.717) is 18.4 Å². The zero-order valence-electron chi connectivity index (χ0n) is 16.5. The highest BCUT2D eigenvalue weighted by Gasteiger charge is 2.45. The van der Waals surface area contributed by atoms with Crippen molar-refractivity contribution in [3.8, 4) is 0 Å². The third kappa shape index (κ3) is 6.07. The molecular formula is C20H32IN3O2S. The molecule has 0 spiro atoms. The number of benzene rings is 1. The zero-order valence-corrected chi connectivity index (χ0v) is 19.7. The van der Waals surface area contributed by atoms with Gasteiger partial charge in [0.25, 0.3) is 0 Å². The van der Waals surface area contributed by atoms with E-state index in [1.807, 2.05) is 7.05 Å². The van der Waals surface area contributed by atoms with Crippen molar-refractivity contribution in [2.75, 3.05) is 38.7 Å². The van der Waals surface area contributed by atoms with E-state index < -0.39 is 9.84 Å². The largest absolute Gasteiger partial charge is 0.356 e. The van der Waals surface area contributed by atoms with Crippen molar-refractivity contribution in [2.45, 2.75) is 32.1 Å². The van der Waals surface area contributed by atoms with Crippen LogP contribution in [0.15, 0.2) is 35.3 Å². The quantitative estimate of drug-likeness (QED) is 0.380. The molecule has 2 atom stereocenters. The normalized spacial score (nSPS) is 24.9. The van der Waals surface area contributed by atoms with Crippen LogP contribution in [0.2, 0.25) is 0 Å². The van der Waals surface area contributed by atoms with Gasteiger partial charge in [-0.25, -0.2) is 8.42 Å². The number of piperidine rings is 1. The molecule has 27 heavy (non-hydrogen) atoms. The maximum Gasteiger partial charge on any atom is 0.193 e. The van der Waals surface area contributed by atoms with E-state index in [0.717, 1.165) is 38.3 Å². The molecule has 1 aliphatic carbocycles. The van der Waals surface area contributed by atoms with E-state index in [-0.39, 0.29) is 35.1 Å². The highest BCUT2D eigenvalue weighted by Crippen LogP contribution is 2.46. The average Bonchev–Trinajstić information content (AvgIpc) is 3.34. The minimum Gasteiger partial charge on any atom is -0.356 e. The van der Waals surface area contributed by atoms with E-state index in [1.165, 1.54) is 11.8 Å². The first-order valence-electron chi connectivity index (χ1n) is 9.50. The molecule has 1 aromatic rings. The highest BCUT2D eigenvalue weighted by atomic mass is 127. The van der Waals surface area contributed by atoms with Crippen LogP contribution in [0.1, 0.15) is 37.7 Å². The third-order valence-corrected chi connectivity index (χ3v) is 6.93. The van der Waals surface area contributed by atoms with Crippen molar-refractivity contribution in [1.82, 2.24) is 10.2 Å². The Balaban J connectivity index is 0.00000261. The first-order chi connectivity index (χ1) is 12.3. The van der Waals surface area contributed by atoms with Crippen LogP contribution in [-0.4, -0.2) is 58.0 Å². The van der Waals surface area contributed by atoms with Gasteiger partial charge in [0.05, 0.1) is 5.75 Å². The molecule has 1 aromatic carbocycles. The molecule has 2 aliphatic rings. The fourth-order valence-electron chi connectivity index (χ4n) is 4.24. The number of rotatable bonds is 5. The Morgan fingerprint density at radius 2 is 1.96 bits per heavy atom. The standard InChI is InChI=1S/C20H31N3O2S.HI/c1-16-13-23(12-9-18(16)17-7-5-4-6-8-17)19(21-2)22-14-20(10-11-20)15-26(3,24)25;/h4-8,16,18H,9-15H2,1-3H3,(H,21,22);1H. The van der Waals surface area contributed by atoms with Gasteiger partial charge in [0, 0.05) is 38.4 Å². The van der Waals surface area contributed by atoms with E-state index in [1.54, 1.807) is 0 Å². The van der Waals surface area contributed by atoms with Gasteiger partial charge in [-0.1, -0.05) is 37.3 Å². The minimum atomic E-state index is -2.94. The summed E-state index contributed by atoms with van der Waals surface area (Å²) in [6, 6.07) is 10.8. The Hall–Kier alpha value is -0.830. The molecule has 0 amide bonds. The number of halogens is 1. The van der Waals surface area contributed by atoms with Crippen LogP contribution < -0.4 is 5.32 Å². The molecule has 3 rings (SSSR count). The van der Waals surface area contributed by atoms with E-state index in [4.69, 9.17) is 0 Å². The molecule has 1 heterocycles. The molecule has 7 heteroatoms. The number of hydrogen-bond donors (Lipinski definition) is 1. The molecule has 1 saturated carbocycles. The predicted octanol–water partition coefficient (Wildman–Crippen LogP) is 3.13. The van der Waals surface area contributed by atoms with Gasteiger partial charge in [0.1, 0.15) is 9.84 Å². The monoisotopic (exact) mass is 505 g/mol. The SMILES string of the molecule is CN=C(NCC1(CS(C)(=O)=O)CC1)N1CCC(c2ccccc2)C(C)C1.I. The van der Waals surface area contributed by atoms with Crippen molar-refractivity contribution in [3.63, 3.8) is 0 Å². The van der Waals surface area contributed by atoms with E-state index in [9.17, 15) is 8.42 Å². The number of guanidine groups is 1. The van der Waals surface area contributed by atoms with Crippen LogP contribution in [0, 0.1) is 11.3 Å². The Labute approximate surface area is 181 Å². The first-order valence-corrected chi connectivity index (χ1v) is 11.6. The summed E-state index contributed by atoms with van der Waals surface area (Å²) in [7, 11) is -1.13. The van der Waals surface area contributed by atoms with Gasteiger partial charge in [-0.15, -0.1) is 24.0 Å². The fourth-order valence-corrected chi connectivity index (χ4v) is 5.74. The van der Waals surface area contributed by atoms with Crippen LogP contribution in [0.4, 0.5) is 0 Å². The lowest BCUT2D eigenvalue weighted by Crippen LogP contribution is -2.49. The van der Waals surface area contributed by atoms with Gasteiger partial charge in [0.15, 0.2) is 5.96 Å². The number of nitrogens with zero attached hydrogens (tertiary/aromatic N) is 2. The number of nitrogens with one attached hydrogen (secondary N) is 1. The lowest BCUT2D eigenvalue weighted by Gasteiger charge is -2.39. The summed E-state index contributed by atoms with van der Waals surface area (Å²) in [5.41, 5.74) is 1.34. The predicted molar refractivity (Wildman–Crippen MR) is 123 cm³/mol. The number of hydrogen-bond acceptors (Lipinski definition) is 3. The first kappa shape index (κ1) is 22.5. The molecule has 0 radical (unpaired) electrons. The second kappa shape index (κ2) is 9.11. The molecule has 0 aromatic heterocycles. The smallest absolute Gasteiger partial charge is 0.193 e. The van der Waals surface area contributed by atoms with Crippen molar-refractivity contribution in [2.24, 2.45) is 16.3 Å². The van der Waals surface area contributed by atoms with Crippen molar-refractivity contribution < 1.29 is 8.42 Å². The summed E-state index contributed by atoms with van der Waals surface area (Å²) < 4.78 is 23.3. The molecule has 2 unspecified atom stereocenters. The number of likely N-dealkylation sites (tertiary alicyclic amines) is 1. The van der Waals surface area contributed by atoms with Crippen LogP contribution >= 0.6 is 24.0 Å². The van der Waals surface area contributed by atoms with Crippen molar-refractivity contribution in [1.29, 1.82) is 0 Å². The summed E-state index contributed by atoms with van der Waals surface area (Å²) in [5.74, 6) is 2.32. The summed E-state index contributed by atoms with van der Waals surface area (Å²) in [5, 5.41) is 3.45. The Bertz CT molecular complexity index is 748. The Morgan fingerprint density at radius 3 is 2.48 bits per heavy atom. The van der Waals surface area contributed by atoms with Crippen LogP contribution in [0.5, 0.6) is 0 Å². The molecule has 152 valence electrons. The summed E-state index contributed by atoms with van der Waals surface area (Å²) in [4.78, 5) is 6.77. The second-order valence-electron chi connectivity index (χ2n) is 8.20. The van der Waals surface area contributed by atoms with E-state index >= 15 is 0 Å². The molecule has 1 N–H and O–H groups in total. The van der Waals surface area contributed by atoms with Crippen molar-refractivity contribution >= 4 is 39.8 Å². The molecule has 1 saturated heterocycles. The maximum atomic E-state index is 11.6. The number of sulfone groups is 1. The Kier molecular flexibility index (Phi) is 7.58. The van der Waals surface area contributed by atoms with Crippen molar-refractivity contribution in [3.05, 3.63) is 35.9 Å². The summed E-state index contributed by atoms with van der Waals surface area (Å²) in [6.07, 6.45) is 4.41. The molecule has 1 aliphatic heterocycles.